The Morgan fingerprint density at radius 3 is 2.57 bits per heavy atom. The Morgan fingerprint density at radius 2 is 1.87 bits per heavy atom. The maximum Gasteiger partial charge on any atom is 0.309 e. The summed E-state index contributed by atoms with van der Waals surface area (Å²) in [5.74, 6) is -1.34. The highest BCUT2D eigenvalue weighted by Gasteiger charge is 2.28. The largest absolute Gasteiger partial charge is 0.455 e. The van der Waals surface area contributed by atoms with Crippen molar-refractivity contribution < 1.29 is 19.1 Å². The van der Waals surface area contributed by atoms with Gasteiger partial charge in [-0.3, -0.25) is 14.4 Å². The fourth-order valence-corrected chi connectivity index (χ4v) is 3.26. The molecule has 7 nitrogen and oxygen atoms in total. The lowest BCUT2D eigenvalue weighted by molar-refractivity contribution is -0.153. The van der Waals surface area contributed by atoms with E-state index in [4.69, 9.17) is 16.3 Å². The molecule has 1 aromatic carbocycles. The zero-order valence-electron chi connectivity index (χ0n) is 16.3. The van der Waals surface area contributed by atoms with Crippen LogP contribution in [0.2, 0.25) is 5.15 Å². The van der Waals surface area contributed by atoms with Gasteiger partial charge in [-0.25, -0.2) is 4.98 Å². The lowest BCUT2D eigenvalue weighted by Crippen LogP contribution is -2.40. The molecule has 156 valence electrons. The molecule has 0 radical (unpaired) electrons. The molecule has 1 N–H and O–H groups in total. The third kappa shape index (κ3) is 6.15. The van der Waals surface area contributed by atoms with E-state index in [9.17, 15) is 14.4 Å². The number of carbonyl (C=O) groups is 3. The fraction of sp³-hybridized carbons (Fsp3) is 0.273. The Hall–Kier alpha value is -3.19. The number of halogens is 1. The molecule has 0 saturated carbocycles. The molecule has 3 rings (SSSR count). The summed E-state index contributed by atoms with van der Waals surface area (Å²) in [6, 6.07) is 12.8. The first-order valence-corrected chi connectivity index (χ1v) is 10.00. The van der Waals surface area contributed by atoms with E-state index < -0.39 is 18.5 Å². The summed E-state index contributed by atoms with van der Waals surface area (Å²) >= 11 is 5.88. The monoisotopic (exact) mass is 427 g/mol. The van der Waals surface area contributed by atoms with Crippen LogP contribution in [0.15, 0.2) is 54.7 Å². The van der Waals surface area contributed by atoms with Crippen molar-refractivity contribution in [2.75, 3.05) is 25.0 Å². The number of ether oxygens (including phenoxy) is 1. The minimum absolute atomic E-state index is 0.0848. The molecule has 1 fully saturated rings. The van der Waals surface area contributed by atoms with Gasteiger partial charge in [-0.1, -0.05) is 41.9 Å². The van der Waals surface area contributed by atoms with Crippen LogP contribution in [0.25, 0.3) is 6.08 Å². The molecular weight excluding hydrogens is 406 g/mol. The van der Waals surface area contributed by atoms with Gasteiger partial charge in [0.2, 0.25) is 5.91 Å². The first kappa shape index (κ1) is 21.5. The van der Waals surface area contributed by atoms with Crippen molar-refractivity contribution in [3.05, 3.63) is 65.5 Å². The number of esters is 1. The second-order valence-corrected chi connectivity index (χ2v) is 7.20. The summed E-state index contributed by atoms with van der Waals surface area (Å²) in [7, 11) is 0. The highest BCUT2D eigenvalue weighted by Crippen LogP contribution is 2.20. The number of nitrogens with one attached hydrogen (secondary N) is 1. The number of benzene rings is 1. The number of carbonyl (C=O) groups excluding carboxylic acids is 3. The topological polar surface area (TPSA) is 88.6 Å². The highest BCUT2D eigenvalue weighted by molar-refractivity contribution is 6.32. The number of anilines is 1. The van der Waals surface area contributed by atoms with Gasteiger partial charge in [-0.05, 0) is 36.6 Å². The fourth-order valence-electron chi connectivity index (χ4n) is 3.09. The van der Waals surface area contributed by atoms with Crippen LogP contribution < -0.4 is 5.32 Å². The molecule has 2 amide bonds. The lowest BCUT2D eigenvalue weighted by atomic mass is 9.97. The first-order valence-electron chi connectivity index (χ1n) is 9.62. The van der Waals surface area contributed by atoms with Crippen LogP contribution in [0.5, 0.6) is 0 Å². The van der Waals surface area contributed by atoms with Gasteiger partial charge in [-0.2, -0.15) is 0 Å². The molecule has 1 aliphatic rings. The number of hydrogen-bond donors (Lipinski definition) is 1. The average molecular weight is 428 g/mol. The second-order valence-electron chi connectivity index (χ2n) is 6.84. The zero-order chi connectivity index (χ0) is 21.3. The summed E-state index contributed by atoms with van der Waals surface area (Å²) in [4.78, 5) is 42.1. The molecule has 0 spiro atoms. The highest BCUT2D eigenvalue weighted by atomic mass is 35.5. The lowest BCUT2D eigenvalue weighted by Gasteiger charge is -2.30. The van der Waals surface area contributed by atoms with Crippen molar-refractivity contribution in [1.82, 2.24) is 9.88 Å². The van der Waals surface area contributed by atoms with Crippen LogP contribution >= 0.6 is 11.6 Å². The Balaban J connectivity index is 1.40. The molecule has 0 aliphatic carbocycles. The molecule has 2 aromatic rings. The Morgan fingerprint density at radius 1 is 1.13 bits per heavy atom. The number of likely N-dealkylation sites (tertiary alicyclic amines) is 1. The number of hydrogen-bond acceptors (Lipinski definition) is 5. The number of rotatable bonds is 6. The van der Waals surface area contributed by atoms with Gasteiger partial charge >= 0.3 is 5.97 Å². The number of pyridine rings is 1. The standard InChI is InChI=1S/C22H22ClN3O4/c23-21-18(7-4-12-24-21)25-19(27)15-30-22(29)17-10-13-26(14-11-17)20(28)9-8-16-5-2-1-3-6-16/h1-9,12,17H,10-11,13-15H2,(H,25,27)/b9-8+. The maximum absolute atomic E-state index is 12.3. The van der Waals surface area contributed by atoms with E-state index in [1.807, 2.05) is 30.3 Å². The number of amides is 2. The second kappa shape index (κ2) is 10.5. The van der Waals surface area contributed by atoms with E-state index in [1.165, 1.54) is 6.20 Å². The molecular formula is C22H22ClN3O4. The molecule has 0 unspecified atom stereocenters. The van der Waals surface area contributed by atoms with Gasteiger partial charge in [0, 0.05) is 25.4 Å². The number of aromatic nitrogens is 1. The molecule has 8 heteroatoms. The normalized spacial score (nSPS) is 14.5. The van der Waals surface area contributed by atoms with Crippen LogP contribution in [0, 0.1) is 5.92 Å². The number of nitrogens with zero attached hydrogens (tertiary/aromatic N) is 2. The summed E-state index contributed by atoms with van der Waals surface area (Å²) in [5, 5.41) is 2.71. The molecule has 1 aliphatic heterocycles. The molecule has 1 saturated heterocycles. The van der Waals surface area contributed by atoms with E-state index in [2.05, 4.69) is 10.3 Å². The Bertz CT molecular complexity index is 925. The van der Waals surface area contributed by atoms with Gasteiger partial charge in [0.05, 0.1) is 11.6 Å². The van der Waals surface area contributed by atoms with Crippen LogP contribution in [0.3, 0.4) is 0 Å². The van der Waals surface area contributed by atoms with Crippen LogP contribution in [0.1, 0.15) is 18.4 Å². The maximum atomic E-state index is 12.3. The molecule has 1 aromatic heterocycles. The minimum Gasteiger partial charge on any atom is -0.455 e. The predicted octanol–water partition coefficient (Wildman–Crippen LogP) is 3.17. The van der Waals surface area contributed by atoms with Gasteiger partial charge in [-0.15, -0.1) is 0 Å². The van der Waals surface area contributed by atoms with Crippen molar-refractivity contribution in [3.8, 4) is 0 Å². The van der Waals surface area contributed by atoms with E-state index in [1.54, 1.807) is 29.2 Å². The number of piperidine rings is 1. The van der Waals surface area contributed by atoms with Crippen LogP contribution in [0.4, 0.5) is 5.69 Å². The Labute approximate surface area is 179 Å². The first-order chi connectivity index (χ1) is 14.5. The van der Waals surface area contributed by atoms with Crippen molar-refractivity contribution in [2.45, 2.75) is 12.8 Å². The summed E-state index contributed by atoms with van der Waals surface area (Å²) in [6.45, 7) is 0.535. The quantitative estimate of drug-likeness (QED) is 0.434. The Kier molecular flexibility index (Phi) is 7.57. The third-order valence-corrected chi connectivity index (χ3v) is 5.04. The van der Waals surface area contributed by atoms with Crippen LogP contribution in [-0.2, 0) is 19.1 Å². The zero-order valence-corrected chi connectivity index (χ0v) is 17.0. The molecule has 0 atom stereocenters. The van der Waals surface area contributed by atoms with E-state index >= 15 is 0 Å². The molecule has 2 heterocycles. The van der Waals surface area contributed by atoms with Gasteiger partial charge in [0.25, 0.3) is 5.91 Å². The SMILES string of the molecule is O=C(COC(=O)C1CCN(C(=O)/C=C/c2ccccc2)CC1)Nc1cccnc1Cl. The van der Waals surface area contributed by atoms with E-state index in [0.29, 0.717) is 31.6 Å². The predicted molar refractivity (Wildman–Crippen MR) is 114 cm³/mol. The summed E-state index contributed by atoms with van der Waals surface area (Å²) in [6.07, 6.45) is 5.82. The van der Waals surface area contributed by atoms with Gasteiger partial charge in [0.15, 0.2) is 11.8 Å². The minimum atomic E-state index is -0.489. The summed E-state index contributed by atoms with van der Waals surface area (Å²) in [5.41, 5.74) is 1.31. The average Bonchev–Trinajstić information content (AvgIpc) is 2.78. The smallest absolute Gasteiger partial charge is 0.309 e. The van der Waals surface area contributed by atoms with E-state index in [-0.39, 0.29) is 17.0 Å². The summed E-state index contributed by atoms with van der Waals surface area (Å²) < 4.78 is 5.12. The van der Waals surface area contributed by atoms with Crippen molar-refractivity contribution in [3.63, 3.8) is 0 Å². The van der Waals surface area contributed by atoms with Crippen molar-refractivity contribution >= 4 is 41.1 Å². The van der Waals surface area contributed by atoms with Gasteiger partial charge in [0.1, 0.15) is 0 Å². The van der Waals surface area contributed by atoms with Crippen molar-refractivity contribution in [1.29, 1.82) is 0 Å². The van der Waals surface area contributed by atoms with Crippen molar-refractivity contribution in [2.24, 2.45) is 5.92 Å². The van der Waals surface area contributed by atoms with Gasteiger partial charge < -0.3 is 15.0 Å². The third-order valence-electron chi connectivity index (χ3n) is 4.74. The molecule has 0 bridgehead atoms. The van der Waals surface area contributed by atoms with Crippen LogP contribution in [-0.4, -0.2) is 47.4 Å². The van der Waals surface area contributed by atoms with E-state index in [0.717, 1.165) is 5.56 Å². The molecule has 30 heavy (non-hydrogen) atoms.